The second kappa shape index (κ2) is 9.22. The van der Waals surface area contributed by atoms with Gasteiger partial charge in [-0.2, -0.15) is 0 Å². The zero-order valence-corrected chi connectivity index (χ0v) is 19.1. The van der Waals surface area contributed by atoms with E-state index < -0.39 is 0 Å². The van der Waals surface area contributed by atoms with E-state index in [0.717, 1.165) is 57.3 Å². The number of ether oxygens (including phenoxy) is 2. The van der Waals surface area contributed by atoms with Crippen molar-refractivity contribution in [2.24, 2.45) is 0 Å². The summed E-state index contributed by atoms with van der Waals surface area (Å²) in [6, 6.07) is 28.6. The normalized spacial score (nSPS) is 14.5. The molecule has 0 atom stereocenters. The average molecular weight is 450 g/mol. The van der Waals surface area contributed by atoms with Crippen LogP contribution in [-0.2, 0) is 6.61 Å². The lowest BCUT2D eigenvalue weighted by Crippen LogP contribution is -2.19. The average Bonchev–Trinajstić information content (AvgIpc) is 3.32. The van der Waals surface area contributed by atoms with Crippen LogP contribution in [0.3, 0.4) is 0 Å². The largest absolute Gasteiger partial charge is 0.490 e. The van der Waals surface area contributed by atoms with Gasteiger partial charge in [-0.3, -0.25) is 0 Å². The first kappa shape index (κ1) is 20.8. The Morgan fingerprint density at radius 3 is 2.44 bits per heavy atom. The molecular weight excluding hydrogens is 422 g/mol. The lowest BCUT2D eigenvalue weighted by Gasteiger charge is -2.22. The molecule has 1 aliphatic rings. The number of aromatic nitrogens is 1. The number of fused-ring (bicyclic) bond motifs is 2. The van der Waals surface area contributed by atoms with Crippen molar-refractivity contribution in [1.82, 2.24) is 4.98 Å². The molecule has 5 aromatic rings. The van der Waals surface area contributed by atoms with Crippen molar-refractivity contribution in [3.05, 3.63) is 90.5 Å². The van der Waals surface area contributed by atoms with Gasteiger partial charge in [-0.1, -0.05) is 48.9 Å². The lowest BCUT2D eigenvalue weighted by molar-refractivity contribution is 0.155. The molecule has 0 unspecified atom stereocenters. The third-order valence-corrected chi connectivity index (χ3v) is 6.52. The van der Waals surface area contributed by atoms with E-state index in [0.29, 0.717) is 18.6 Å². The van der Waals surface area contributed by atoms with Gasteiger partial charge in [-0.15, -0.1) is 0 Å². The molecule has 0 amide bonds. The number of oxazole rings is 1. The van der Waals surface area contributed by atoms with Crippen LogP contribution in [0, 0.1) is 0 Å². The summed E-state index contributed by atoms with van der Waals surface area (Å²) in [5.41, 5.74) is 3.71. The molecule has 0 bridgehead atoms. The van der Waals surface area contributed by atoms with Gasteiger partial charge >= 0.3 is 0 Å². The summed E-state index contributed by atoms with van der Waals surface area (Å²) >= 11 is 0. The molecule has 1 heterocycles. The van der Waals surface area contributed by atoms with Gasteiger partial charge in [0.05, 0.1) is 6.10 Å². The fourth-order valence-corrected chi connectivity index (χ4v) is 4.66. The van der Waals surface area contributed by atoms with Crippen LogP contribution in [0.25, 0.3) is 33.3 Å². The summed E-state index contributed by atoms with van der Waals surface area (Å²) in [6.45, 7) is 0.555. The van der Waals surface area contributed by atoms with Crippen molar-refractivity contribution in [1.29, 1.82) is 0 Å². The summed E-state index contributed by atoms with van der Waals surface area (Å²) in [7, 11) is 0. The van der Waals surface area contributed by atoms with Crippen LogP contribution in [0.4, 0.5) is 0 Å². The molecule has 1 fully saturated rings. The molecule has 0 aliphatic heterocycles. The second-order valence-electron chi connectivity index (χ2n) is 9.02. The van der Waals surface area contributed by atoms with Gasteiger partial charge in [0.2, 0.25) is 5.89 Å². The van der Waals surface area contributed by atoms with Gasteiger partial charge in [-0.05, 0) is 78.4 Å². The van der Waals surface area contributed by atoms with E-state index in [1.165, 1.54) is 19.3 Å². The first-order chi connectivity index (χ1) is 16.8. The minimum absolute atomic E-state index is 0.315. The molecule has 0 radical (unpaired) electrons. The van der Waals surface area contributed by atoms with E-state index in [-0.39, 0.29) is 0 Å². The summed E-state index contributed by atoms with van der Waals surface area (Å²) in [4.78, 5) is 4.71. The third-order valence-electron chi connectivity index (χ3n) is 6.52. The number of hydrogen-bond acceptors (Lipinski definition) is 4. The molecule has 0 saturated heterocycles. The summed E-state index contributed by atoms with van der Waals surface area (Å²) in [5, 5.41) is 2.24. The Balaban J connectivity index is 1.21. The fourth-order valence-electron chi connectivity index (χ4n) is 4.66. The van der Waals surface area contributed by atoms with Crippen molar-refractivity contribution in [3.63, 3.8) is 0 Å². The Morgan fingerprint density at radius 1 is 0.765 bits per heavy atom. The number of rotatable bonds is 6. The standard InChI is InChI=1S/C30H27NO3/c1-3-7-21(8-4-1)20-32-26-14-13-22-17-24(12-11-23(22)18-26)30-31-28-16-15-27(19-29(28)34-30)33-25-9-5-2-6-10-25/h1,3-4,7-8,11-19,25H,2,5-6,9-10,20H2. The van der Waals surface area contributed by atoms with E-state index in [9.17, 15) is 0 Å². The Bertz CT molecular complexity index is 1420. The Kier molecular flexibility index (Phi) is 5.64. The Hall–Kier alpha value is -3.79. The van der Waals surface area contributed by atoms with Gasteiger partial charge < -0.3 is 13.9 Å². The molecule has 6 rings (SSSR count). The molecule has 4 heteroatoms. The van der Waals surface area contributed by atoms with Crippen LogP contribution in [0.2, 0.25) is 0 Å². The summed E-state index contributed by atoms with van der Waals surface area (Å²) in [5.74, 6) is 2.34. The van der Waals surface area contributed by atoms with Gasteiger partial charge in [0.1, 0.15) is 23.6 Å². The highest BCUT2D eigenvalue weighted by molar-refractivity contribution is 5.88. The van der Waals surface area contributed by atoms with Crippen LogP contribution in [0.1, 0.15) is 37.7 Å². The zero-order chi connectivity index (χ0) is 22.7. The molecule has 34 heavy (non-hydrogen) atoms. The van der Waals surface area contributed by atoms with E-state index in [2.05, 4.69) is 36.4 Å². The molecular formula is C30H27NO3. The minimum Gasteiger partial charge on any atom is -0.490 e. The van der Waals surface area contributed by atoms with E-state index in [4.69, 9.17) is 18.9 Å². The first-order valence-corrected chi connectivity index (χ1v) is 12.1. The topological polar surface area (TPSA) is 44.5 Å². The molecule has 4 nitrogen and oxygen atoms in total. The van der Waals surface area contributed by atoms with Crippen LogP contribution in [0.15, 0.2) is 89.3 Å². The maximum atomic E-state index is 6.20. The Morgan fingerprint density at radius 2 is 1.56 bits per heavy atom. The highest BCUT2D eigenvalue weighted by Gasteiger charge is 2.16. The monoisotopic (exact) mass is 449 g/mol. The van der Waals surface area contributed by atoms with Gasteiger partial charge in [-0.25, -0.2) is 4.98 Å². The van der Waals surface area contributed by atoms with Crippen molar-refractivity contribution < 1.29 is 13.9 Å². The van der Waals surface area contributed by atoms with E-state index in [1.807, 2.05) is 48.5 Å². The number of benzene rings is 4. The van der Waals surface area contributed by atoms with Crippen LogP contribution in [0.5, 0.6) is 11.5 Å². The van der Waals surface area contributed by atoms with Crippen LogP contribution >= 0.6 is 0 Å². The van der Waals surface area contributed by atoms with Crippen molar-refractivity contribution in [2.75, 3.05) is 0 Å². The molecule has 4 aromatic carbocycles. The highest BCUT2D eigenvalue weighted by atomic mass is 16.5. The van der Waals surface area contributed by atoms with Gasteiger partial charge in [0.15, 0.2) is 5.58 Å². The fraction of sp³-hybridized carbons (Fsp3) is 0.233. The maximum absolute atomic E-state index is 6.20. The zero-order valence-electron chi connectivity index (χ0n) is 19.1. The van der Waals surface area contributed by atoms with Crippen molar-refractivity contribution in [2.45, 2.75) is 44.8 Å². The van der Waals surface area contributed by atoms with Crippen LogP contribution in [-0.4, -0.2) is 11.1 Å². The molecule has 0 spiro atoms. The quantitative estimate of drug-likeness (QED) is 0.264. The van der Waals surface area contributed by atoms with Gasteiger partial charge in [0, 0.05) is 11.6 Å². The number of hydrogen-bond donors (Lipinski definition) is 0. The Labute approximate surface area is 199 Å². The van der Waals surface area contributed by atoms with E-state index in [1.54, 1.807) is 0 Å². The lowest BCUT2D eigenvalue weighted by atomic mass is 9.98. The van der Waals surface area contributed by atoms with Crippen molar-refractivity contribution in [3.8, 4) is 23.0 Å². The predicted octanol–water partition coefficient (Wildman–Crippen LogP) is 7.94. The van der Waals surface area contributed by atoms with Crippen LogP contribution < -0.4 is 9.47 Å². The smallest absolute Gasteiger partial charge is 0.227 e. The molecule has 0 N–H and O–H groups in total. The van der Waals surface area contributed by atoms with E-state index >= 15 is 0 Å². The highest BCUT2D eigenvalue weighted by Crippen LogP contribution is 2.31. The van der Waals surface area contributed by atoms with Gasteiger partial charge in [0.25, 0.3) is 0 Å². The second-order valence-corrected chi connectivity index (χ2v) is 9.02. The maximum Gasteiger partial charge on any atom is 0.227 e. The first-order valence-electron chi connectivity index (χ1n) is 12.1. The summed E-state index contributed by atoms with van der Waals surface area (Å²) in [6.07, 6.45) is 6.41. The van der Waals surface area contributed by atoms with Crippen molar-refractivity contribution >= 4 is 21.9 Å². The molecule has 1 aliphatic carbocycles. The summed E-state index contributed by atoms with van der Waals surface area (Å²) < 4.78 is 18.3. The minimum atomic E-state index is 0.315. The molecule has 1 aromatic heterocycles. The predicted molar refractivity (Wildman–Crippen MR) is 135 cm³/mol. The third kappa shape index (κ3) is 4.49. The SMILES string of the molecule is c1ccc(COc2ccc3cc(-c4nc5ccc(OC6CCCCC6)cc5o4)ccc3c2)cc1. The molecule has 170 valence electrons. The molecule has 1 saturated carbocycles. The number of nitrogens with zero attached hydrogens (tertiary/aromatic N) is 1.